The number of hydrogen-bond donors (Lipinski definition) is 0. The summed E-state index contributed by atoms with van der Waals surface area (Å²) in [6.45, 7) is 8.87. The van der Waals surface area contributed by atoms with Crippen molar-refractivity contribution in [3.63, 3.8) is 0 Å². The number of fused-ring (bicyclic) bond motifs is 1. The van der Waals surface area contributed by atoms with Gasteiger partial charge in [0.1, 0.15) is 0 Å². The van der Waals surface area contributed by atoms with Crippen LogP contribution in [0.3, 0.4) is 0 Å². The van der Waals surface area contributed by atoms with Gasteiger partial charge in [-0.3, -0.25) is 4.68 Å². The van der Waals surface area contributed by atoms with E-state index in [0.717, 1.165) is 31.9 Å². The largest absolute Gasteiger partial charge is 0.302 e. The monoisotopic (exact) mass is 239 g/mol. The topological polar surface area (TPSA) is 21.1 Å². The lowest BCUT2D eigenvalue weighted by atomic mass is 10.2. The first-order valence-corrected chi connectivity index (χ1v) is 7.34. The van der Waals surface area contributed by atoms with Gasteiger partial charge in [-0.2, -0.15) is 16.9 Å². The van der Waals surface area contributed by atoms with Crippen LogP contribution >= 0.6 is 11.8 Å². The van der Waals surface area contributed by atoms with Gasteiger partial charge >= 0.3 is 0 Å². The highest BCUT2D eigenvalue weighted by molar-refractivity contribution is 7.98. The second-order valence-corrected chi connectivity index (χ2v) is 5.27. The number of thioether (sulfide) groups is 1. The first-order chi connectivity index (χ1) is 7.85. The van der Waals surface area contributed by atoms with Gasteiger partial charge in [0.05, 0.1) is 12.7 Å². The van der Waals surface area contributed by atoms with Gasteiger partial charge in [0, 0.05) is 23.6 Å². The van der Waals surface area contributed by atoms with Crippen LogP contribution in [0.15, 0.2) is 6.20 Å². The van der Waals surface area contributed by atoms with Crippen LogP contribution in [-0.4, -0.2) is 40.1 Å². The van der Waals surface area contributed by atoms with Crippen molar-refractivity contribution in [2.75, 3.05) is 25.4 Å². The average molecular weight is 239 g/mol. The Hall–Kier alpha value is -0.480. The number of rotatable bonds is 5. The second kappa shape index (κ2) is 5.73. The summed E-state index contributed by atoms with van der Waals surface area (Å²) < 4.78 is 2.22. The lowest BCUT2D eigenvalue weighted by Crippen LogP contribution is -2.28. The maximum absolute atomic E-state index is 4.52. The van der Waals surface area contributed by atoms with Gasteiger partial charge in [0.2, 0.25) is 0 Å². The molecule has 1 aromatic heterocycles. The molecule has 3 nitrogen and oxygen atoms in total. The highest BCUT2D eigenvalue weighted by Crippen LogP contribution is 2.23. The smallest absolute Gasteiger partial charge is 0.0539 e. The third-order valence-electron chi connectivity index (χ3n) is 3.30. The van der Waals surface area contributed by atoms with E-state index in [1.807, 2.05) is 11.8 Å². The van der Waals surface area contributed by atoms with Gasteiger partial charge in [-0.15, -0.1) is 0 Å². The fourth-order valence-corrected chi connectivity index (χ4v) is 3.12. The van der Waals surface area contributed by atoms with E-state index in [4.69, 9.17) is 0 Å². The van der Waals surface area contributed by atoms with Gasteiger partial charge < -0.3 is 4.90 Å². The molecular weight excluding hydrogens is 218 g/mol. The molecule has 0 radical (unpaired) electrons. The summed E-state index contributed by atoms with van der Waals surface area (Å²) in [5.74, 6) is 2.41. The molecule has 2 rings (SSSR count). The molecule has 0 amide bonds. The Kier molecular flexibility index (Phi) is 4.29. The average Bonchev–Trinajstić information content (AvgIpc) is 2.74. The normalized spacial score (nSPS) is 15.4. The van der Waals surface area contributed by atoms with Crippen LogP contribution in [0, 0.1) is 0 Å². The number of nitrogens with zero attached hydrogens (tertiary/aromatic N) is 3. The predicted octanol–water partition coefficient (Wildman–Crippen LogP) is 2.01. The van der Waals surface area contributed by atoms with Crippen molar-refractivity contribution < 1.29 is 0 Å². The standard InChI is InChI=1S/C12H21N3S/c1-3-14(4-2)6-7-15-12-5-8-16-10-11(12)9-13-15/h9H,3-8,10H2,1-2H3. The quantitative estimate of drug-likeness (QED) is 0.784. The lowest BCUT2D eigenvalue weighted by Gasteiger charge is -2.19. The van der Waals surface area contributed by atoms with E-state index in [0.29, 0.717) is 0 Å². The Morgan fingerprint density at radius 3 is 3.00 bits per heavy atom. The third kappa shape index (κ3) is 2.61. The van der Waals surface area contributed by atoms with Gasteiger partial charge in [-0.25, -0.2) is 0 Å². The van der Waals surface area contributed by atoms with Crippen molar-refractivity contribution in [2.24, 2.45) is 0 Å². The Balaban J connectivity index is 1.96. The van der Waals surface area contributed by atoms with Crippen LogP contribution in [0.2, 0.25) is 0 Å². The zero-order valence-corrected chi connectivity index (χ0v) is 11.1. The van der Waals surface area contributed by atoms with E-state index < -0.39 is 0 Å². The molecule has 0 aromatic carbocycles. The van der Waals surface area contributed by atoms with Crippen LogP contribution in [-0.2, 0) is 18.7 Å². The van der Waals surface area contributed by atoms with Crippen molar-refractivity contribution in [2.45, 2.75) is 32.6 Å². The summed E-state index contributed by atoms with van der Waals surface area (Å²) >= 11 is 2.02. The Morgan fingerprint density at radius 2 is 2.25 bits per heavy atom. The molecule has 0 saturated heterocycles. The molecule has 1 aliphatic heterocycles. The minimum absolute atomic E-state index is 1.04. The van der Waals surface area contributed by atoms with E-state index in [9.17, 15) is 0 Å². The van der Waals surface area contributed by atoms with Gasteiger partial charge in [0.25, 0.3) is 0 Å². The van der Waals surface area contributed by atoms with Crippen LogP contribution in [0.5, 0.6) is 0 Å². The van der Waals surface area contributed by atoms with E-state index in [-0.39, 0.29) is 0 Å². The third-order valence-corrected chi connectivity index (χ3v) is 4.31. The van der Waals surface area contributed by atoms with E-state index in [1.54, 1.807) is 0 Å². The second-order valence-electron chi connectivity index (χ2n) is 4.17. The summed E-state index contributed by atoms with van der Waals surface area (Å²) in [6.07, 6.45) is 3.25. The molecule has 4 heteroatoms. The Bertz CT molecular complexity index is 331. The molecular formula is C12H21N3S. The summed E-state index contributed by atoms with van der Waals surface area (Å²) in [6, 6.07) is 0. The fourth-order valence-electron chi connectivity index (χ4n) is 2.18. The van der Waals surface area contributed by atoms with Crippen LogP contribution < -0.4 is 0 Å². The summed E-state index contributed by atoms with van der Waals surface area (Å²) in [5, 5.41) is 4.52. The van der Waals surface area contributed by atoms with Crippen LogP contribution in [0.1, 0.15) is 25.1 Å². The minimum Gasteiger partial charge on any atom is -0.302 e. The molecule has 0 N–H and O–H groups in total. The minimum atomic E-state index is 1.04. The lowest BCUT2D eigenvalue weighted by molar-refractivity contribution is 0.283. The first-order valence-electron chi connectivity index (χ1n) is 6.18. The molecule has 0 saturated carbocycles. The summed E-state index contributed by atoms with van der Waals surface area (Å²) in [7, 11) is 0. The predicted molar refractivity (Wildman–Crippen MR) is 69.9 cm³/mol. The maximum atomic E-state index is 4.52. The van der Waals surface area contributed by atoms with Crippen LogP contribution in [0.25, 0.3) is 0 Å². The highest BCUT2D eigenvalue weighted by Gasteiger charge is 2.15. The van der Waals surface area contributed by atoms with Crippen molar-refractivity contribution in [1.29, 1.82) is 0 Å². The van der Waals surface area contributed by atoms with Crippen molar-refractivity contribution in [1.82, 2.24) is 14.7 Å². The fraction of sp³-hybridized carbons (Fsp3) is 0.750. The molecule has 1 aliphatic rings. The molecule has 2 heterocycles. The molecule has 16 heavy (non-hydrogen) atoms. The molecule has 0 aliphatic carbocycles. The Labute approximate surface area is 102 Å². The van der Waals surface area contributed by atoms with E-state index in [2.05, 4.69) is 34.7 Å². The van der Waals surface area contributed by atoms with Crippen molar-refractivity contribution in [3.8, 4) is 0 Å². The molecule has 0 fully saturated rings. The van der Waals surface area contributed by atoms with Gasteiger partial charge in [0.15, 0.2) is 0 Å². The van der Waals surface area contributed by atoms with Crippen LogP contribution in [0.4, 0.5) is 0 Å². The summed E-state index contributed by atoms with van der Waals surface area (Å²) in [4.78, 5) is 2.45. The van der Waals surface area contributed by atoms with Gasteiger partial charge in [-0.05, 0) is 25.3 Å². The zero-order chi connectivity index (χ0) is 11.4. The first kappa shape index (κ1) is 12.0. The van der Waals surface area contributed by atoms with Gasteiger partial charge in [-0.1, -0.05) is 13.8 Å². The highest BCUT2D eigenvalue weighted by atomic mass is 32.2. The van der Waals surface area contributed by atoms with Crippen molar-refractivity contribution in [3.05, 3.63) is 17.5 Å². The molecule has 0 spiro atoms. The van der Waals surface area contributed by atoms with Crippen molar-refractivity contribution >= 4 is 11.8 Å². The number of aromatic nitrogens is 2. The Morgan fingerprint density at radius 1 is 1.44 bits per heavy atom. The summed E-state index contributed by atoms with van der Waals surface area (Å²) in [5.41, 5.74) is 2.93. The zero-order valence-electron chi connectivity index (χ0n) is 10.3. The molecule has 0 atom stereocenters. The molecule has 0 bridgehead atoms. The number of hydrogen-bond acceptors (Lipinski definition) is 3. The number of likely N-dealkylation sites (N-methyl/N-ethyl adjacent to an activating group) is 1. The molecule has 1 aromatic rings. The maximum Gasteiger partial charge on any atom is 0.0539 e. The molecule has 0 unspecified atom stereocenters. The molecule has 90 valence electrons. The van der Waals surface area contributed by atoms with E-state index >= 15 is 0 Å². The van der Waals surface area contributed by atoms with E-state index in [1.165, 1.54) is 23.4 Å². The SMILES string of the molecule is CCN(CC)CCn1ncc2c1CCSC2.